The van der Waals surface area contributed by atoms with Crippen molar-refractivity contribution in [2.75, 3.05) is 24.3 Å². The third-order valence-electron chi connectivity index (χ3n) is 4.07. The summed E-state index contributed by atoms with van der Waals surface area (Å²) in [5, 5.41) is 0. The third kappa shape index (κ3) is 3.80. The van der Waals surface area contributed by atoms with E-state index in [0.717, 1.165) is 19.1 Å². The number of rotatable bonds is 5. The average Bonchev–Trinajstić information content (AvgIpc) is 2.50. The van der Waals surface area contributed by atoms with Crippen LogP contribution >= 0.6 is 0 Å². The van der Waals surface area contributed by atoms with Gasteiger partial charge in [0.1, 0.15) is 12.4 Å². The molecular weight excluding hydrogens is 302 g/mol. The van der Waals surface area contributed by atoms with Gasteiger partial charge in [-0.3, -0.25) is 4.79 Å². The molecule has 0 bridgehead atoms. The summed E-state index contributed by atoms with van der Waals surface area (Å²) in [4.78, 5) is 14.3. The molecule has 22 heavy (non-hydrogen) atoms. The number of ether oxygens (including phenoxy) is 1. The van der Waals surface area contributed by atoms with Gasteiger partial charge in [-0.2, -0.15) is 0 Å². The lowest BCUT2D eigenvalue weighted by Crippen LogP contribution is -2.38. The normalized spacial score (nSPS) is 15.9. The van der Waals surface area contributed by atoms with Crippen LogP contribution < -0.4 is 9.64 Å². The molecule has 0 saturated heterocycles. The highest BCUT2D eigenvalue weighted by Crippen LogP contribution is 2.34. The second-order valence-electron chi connectivity index (χ2n) is 5.85. The molecule has 0 radical (unpaired) electrons. The molecule has 1 unspecified atom stereocenters. The lowest BCUT2D eigenvalue weighted by molar-refractivity contribution is -0.119. The lowest BCUT2D eigenvalue weighted by Gasteiger charge is -2.30. The minimum Gasteiger partial charge on any atom is -0.490 e. The van der Waals surface area contributed by atoms with Gasteiger partial charge in [-0.25, -0.2) is 8.42 Å². The Morgan fingerprint density at radius 3 is 2.77 bits per heavy atom. The number of sulfone groups is 1. The highest BCUT2D eigenvalue weighted by atomic mass is 32.2. The fraction of sp³-hybridized carbons (Fsp3) is 0.562. The zero-order chi connectivity index (χ0) is 16.3. The van der Waals surface area contributed by atoms with Crippen LogP contribution in [0.4, 0.5) is 5.69 Å². The van der Waals surface area contributed by atoms with Crippen LogP contribution in [0.3, 0.4) is 0 Å². The van der Waals surface area contributed by atoms with E-state index in [-0.39, 0.29) is 10.8 Å². The van der Waals surface area contributed by atoms with Crippen molar-refractivity contribution >= 4 is 21.4 Å². The van der Waals surface area contributed by atoms with Gasteiger partial charge in [0.25, 0.3) is 0 Å². The minimum atomic E-state index is -3.31. The van der Waals surface area contributed by atoms with Crippen LogP contribution in [0, 0.1) is 5.92 Å². The van der Waals surface area contributed by atoms with Crippen LogP contribution in [-0.2, 0) is 14.6 Å². The Labute approximate surface area is 132 Å². The first-order chi connectivity index (χ1) is 10.3. The van der Waals surface area contributed by atoms with E-state index >= 15 is 0 Å². The van der Waals surface area contributed by atoms with E-state index in [2.05, 4.69) is 13.8 Å². The number of anilines is 1. The van der Waals surface area contributed by atoms with Crippen molar-refractivity contribution in [1.29, 1.82) is 0 Å². The number of benzene rings is 1. The smallest absolute Gasteiger partial charge is 0.227 e. The van der Waals surface area contributed by atoms with Gasteiger partial charge in [0.05, 0.1) is 17.1 Å². The molecule has 5 nitrogen and oxygen atoms in total. The molecule has 1 amide bonds. The molecule has 122 valence electrons. The zero-order valence-corrected chi connectivity index (χ0v) is 14.1. The van der Waals surface area contributed by atoms with E-state index in [9.17, 15) is 13.2 Å². The molecule has 1 aliphatic rings. The summed E-state index contributed by atoms with van der Waals surface area (Å²) in [7, 11) is -3.31. The Hall–Kier alpha value is -1.56. The maximum atomic E-state index is 12.5. The SMILES string of the molecule is CCC(C)CCC(=O)N1CCOc2ccc(S(C)(=O)=O)cc21. The summed E-state index contributed by atoms with van der Waals surface area (Å²) < 4.78 is 28.9. The van der Waals surface area contributed by atoms with Crippen LogP contribution in [-0.4, -0.2) is 33.7 Å². The molecular formula is C16H23NO4S. The fourth-order valence-electron chi connectivity index (χ4n) is 2.40. The Bertz CT molecular complexity index is 654. The van der Waals surface area contributed by atoms with Crippen LogP contribution in [0.5, 0.6) is 5.75 Å². The first kappa shape index (κ1) is 16.8. The van der Waals surface area contributed by atoms with Gasteiger partial charge in [0.2, 0.25) is 5.91 Å². The molecule has 2 rings (SSSR count). The molecule has 0 spiro atoms. The first-order valence-electron chi connectivity index (χ1n) is 7.60. The lowest BCUT2D eigenvalue weighted by atomic mass is 10.0. The van der Waals surface area contributed by atoms with Gasteiger partial charge < -0.3 is 9.64 Å². The summed E-state index contributed by atoms with van der Waals surface area (Å²) >= 11 is 0. The quantitative estimate of drug-likeness (QED) is 0.835. The summed E-state index contributed by atoms with van der Waals surface area (Å²) in [6.07, 6.45) is 3.52. The molecule has 0 N–H and O–H groups in total. The maximum Gasteiger partial charge on any atom is 0.227 e. The highest BCUT2D eigenvalue weighted by Gasteiger charge is 2.25. The van der Waals surface area contributed by atoms with Crippen molar-refractivity contribution in [1.82, 2.24) is 0 Å². The van der Waals surface area contributed by atoms with Crippen LogP contribution in [0.15, 0.2) is 23.1 Å². The van der Waals surface area contributed by atoms with Crippen molar-refractivity contribution in [2.24, 2.45) is 5.92 Å². The number of nitrogens with zero attached hydrogens (tertiary/aromatic N) is 1. The minimum absolute atomic E-state index is 0.0236. The average molecular weight is 325 g/mol. The van der Waals surface area contributed by atoms with Crippen LogP contribution in [0.1, 0.15) is 33.1 Å². The Morgan fingerprint density at radius 2 is 2.14 bits per heavy atom. The zero-order valence-electron chi connectivity index (χ0n) is 13.3. The molecule has 1 aliphatic heterocycles. The predicted octanol–water partition coefficient (Wildman–Crippen LogP) is 2.64. The number of amides is 1. The monoisotopic (exact) mass is 325 g/mol. The van der Waals surface area contributed by atoms with Crippen molar-refractivity contribution in [3.05, 3.63) is 18.2 Å². The van der Waals surface area contributed by atoms with E-state index in [1.54, 1.807) is 11.0 Å². The summed E-state index contributed by atoms with van der Waals surface area (Å²) in [5.41, 5.74) is 0.559. The molecule has 1 aromatic rings. The molecule has 1 aromatic carbocycles. The van der Waals surface area contributed by atoms with Crippen molar-refractivity contribution in [2.45, 2.75) is 38.0 Å². The van der Waals surface area contributed by atoms with E-state index < -0.39 is 9.84 Å². The molecule has 0 aromatic heterocycles. The van der Waals surface area contributed by atoms with Gasteiger partial charge in [-0.1, -0.05) is 20.3 Å². The molecule has 1 heterocycles. The standard InChI is InChI=1S/C16H23NO4S/c1-4-12(2)5-8-16(18)17-9-10-21-15-7-6-13(11-14(15)17)22(3,19)20/h6-7,11-12H,4-5,8-10H2,1-3H3. The van der Waals surface area contributed by atoms with Crippen LogP contribution in [0.25, 0.3) is 0 Å². The summed E-state index contributed by atoms with van der Waals surface area (Å²) in [6.45, 7) is 5.12. The second kappa shape index (κ2) is 6.69. The molecule has 6 heteroatoms. The van der Waals surface area contributed by atoms with Gasteiger partial charge >= 0.3 is 0 Å². The fourth-order valence-corrected chi connectivity index (χ4v) is 3.04. The molecule has 0 aliphatic carbocycles. The molecule has 0 fully saturated rings. The van der Waals surface area contributed by atoms with Gasteiger partial charge in [-0.15, -0.1) is 0 Å². The largest absolute Gasteiger partial charge is 0.490 e. The highest BCUT2D eigenvalue weighted by molar-refractivity contribution is 7.90. The number of hydrogen-bond acceptors (Lipinski definition) is 4. The van der Waals surface area contributed by atoms with E-state index in [1.807, 2.05) is 0 Å². The Kier molecular flexibility index (Phi) is 5.11. The second-order valence-corrected chi connectivity index (χ2v) is 7.86. The Morgan fingerprint density at radius 1 is 1.41 bits per heavy atom. The summed E-state index contributed by atoms with van der Waals surface area (Å²) in [6, 6.07) is 4.67. The number of fused-ring (bicyclic) bond motifs is 1. The van der Waals surface area contributed by atoms with Gasteiger partial charge in [0.15, 0.2) is 9.84 Å². The van der Waals surface area contributed by atoms with E-state index in [0.29, 0.717) is 36.9 Å². The van der Waals surface area contributed by atoms with Crippen molar-refractivity contribution < 1.29 is 17.9 Å². The topological polar surface area (TPSA) is 63.7 Å². The number of carbonyl (C=O) groups excluding carboxylic acids is 1. The Balaban J connectivity index is 2.25. The van der Waals surface area contributed by atoms with E-state index in [1.165, 1.54) is 12.1 Å². The predicted molar refractivity (Wildman–Crippen MR) is 86.1 cm³/mol. The number of carbonyl (C=O) groups is 1. The van der Waals surface area contributed by atoms with Gasteiger partial charge in [0, 0.05) is 12.7 Å². The van der Waals surface area contributed by atoms with Gasteiger partial charge in [-0.05, 0) is 30.5 Å². The van der Waals surface area contributed by atoms with E-state index in [4.69, 9.17) is 4.74 Å². The third-order valence-corrected chi connectivity index (χ3v) is 5.18. The van der Waals surface area contributed by atoms with Crippen LogP contribution in [0.2, 0.25) is 0 Å². The van der Waals surface area contributed by atoms with Crippen molar-refractivity contribution in [3.63, 3.8) is 0 Å². The first-order valence-corrected chi connectivity index (χ1v) is 9.49. The number of hydrogen-bond donors (Lipinski definition) is 0. The van der Waals surface area contributed by atoms with Crippen molar-refractivity contribution in [3.8, 4) is 5.75 Å². The molecule has 0 saturated carbocycles. The summed E-state index contributed by atoms with van der Waals surface area (Å²) in [5.74, 6) is 1.10. The molecule has 1 atom stereocenters. The maximum absolute atomic E-state index is 12.5.